The van der Waals surface area contributed by atoms with Crippen LogP contribution in [0.3, 0.4) is 0 Å². The van der Waals surface area contributed by atoms with Gasteiger partial charge in [0.15, 0.2) is 12.6 Å². The van der Waals surface area contributed by atoms with E-state index in [1.165, 1.54) is 154 Å². The third-order valence-corrected chi connectivity index (χ3v) is 14.4. The third kappa shape index (κ3) is 27.7. The topological polar surface area (TPSA) is 248 Å². The molecule has 15 nitrogen and oxygen atoms in total. The molecule has 0 spiro atoms. The molecule has 0 aromatic carbocycles. The second-order valence-electron chi connectivity index (χ2n) is 20.6. The van der Waals surface area contributed by atoms with Gasteiger partial charge >= 0.3 is 0 Å². The summed E-state index contributed by atoms with van der Waals surface area (Å²) < 4.78 is 23.5. The van der Waals surface area contributed by atoms with E-state index in [9.17, 15) is 50.8 Å². The second-order valence-corrected chi connectivity index (χ2v) is 20.6. The van der Waals surface area contributed by atoms with Crippen LogP contribution in [0.15, 0.2) is 0 Å². The Morgan fingerprint density at radius 2 is 0.768 bits per heavy atom. The minimum absolute atomic E-state index is 0.224. The number of amides is 1. The highest BCUT2D eigenvalue weighted by atomic mass is 16.7. The summed E-state index contributed by atoms with van der Waals surface area (Å²) in [5.41, 5.74) is 0. The van der Waals surface area contributed by atoms with Gasteiger partial charge in [-0.2, -0.15) is 0 Å². The zero-order valence-electron chi connectivity index (χ0n) is 43.4. The summed E-state index contributed by atoms with van der Waals surface area (Å²) in [5.74, 6) is -0.692. The monoisotopic (exact) mass is 992 g/mol. The predicted molar refractivity (Wildman–Crippen MR) is 269 cm³/mol. The van der Waals surface area contributed by atoms with Gasteiger partial charge in [0.25, 0.3) is 0 Å². The second kappa shape index (κ2) is 41.3. The Kier molecular flexibility index (Phi) is 38.4. The fraction of sp³-hybridized carbons (Fsp3) is 0.981. The van der Waals surface area contributed by atoms with Gasteiger partial charge < -0.3 is 70.2 Å². The minimum atomic E-state index is -1.72. The zero-order valence-corrected chi connectivity index (χ0v) is 43.4. The van der Waals surface area contributed by atoms with Crippen molar-refractivity contribution in [1.29, 1.82) is 0 Å². The first-order valence-electron chi connectivity index (χ1n) is 28.4. The summed E-state index contributed by atoms with van der Waals surface area (Å²) in [7, 11) is 0. The molecule has 0 aliphatic carbocycles. The molecule has 1 amide bonds. The maximum absolute atomic E-state index is 13.7. The number of nitrogens with one attached hydrogen (secondary N) is 1. The fourth-order valence-corrected chi connectivity index (χ4v) is 9.73. The number of aliphatic hydroxyl groups is 9. The Morgan fingerprint density at radius 1 is 0.449 bits per heavy atom. The lowest BCUT2D eigenvalue weighted by Crippen LogP contribution is -2.62. The molecule has 0 aromatic rings. The summed E-state index contributed by atoms with van der Waals surface area (Å²) >= 11 is 0. The van der Waals surface area contributed by atoms with E-state index >= 15 is 0 Å². The van der Waals surface area contributed by atoms with Gasteiger partial charge in [-0.3, -0.25) is 4.79 Å². The first kappa shape index (κ1) is 64.1. The maximum Gasteiger partial charge on any atom is 0.249 e. The summed E-state index contributed by atoms with van der Waals surface area (Å²) in [6.07, 6.45) is 22.2. The Hall–Kier alpha value is -1.05. The largest absolute Gasteiger partial charge is 0.394 e. The number of hydrogen-bond acceptors (Lipinski definition) is 14. The molecule has 2 rings (SSSR count). The predicted octanol–water partition coefficient (Wildman–Crippen LogP) is 7.53. The van der Waals surface area contributed by atoms with Crippen LogP contribution in [0.1, 0.15) is 239 Å². The molecule has 0 aromatic heterocycles. The van der Waals surface area contributed by atoms with Crippen LogP contribution < -0.4 is 5.32 Å². The molecular formula is C54H105NO14. The molecule has 2 aliphatic rings. The molecular weight excluding hydrogens is 887 g/mol. The Morgan fingerprint density at radius 3 is 1.13 bits per heavy atom. The van der Waals surface area contributed by atoms with E-state index in [-0.39, 0.29) is 6.42 Å². The van der Waals surface area contributed by atoms with Crippen molar-refractivity contribution in [2.24, 2.45) is 0 Å². The van der Waals surface area contributed by atoms with Gasteiger partial charge in [-0.1, -0.05) is 226 Å². The van der Waals surface area contributed by atoms with Crippen molar-refractivity contribution in [1.82, 2.24) is 5.32 Å². The molecule has 0 saturated carbocycles. The lowest BCUT2D eigenvalue weighted by atomic mass is 9.98. The normalized spacial score (nSPS) is 26.5. The van der Waals surface area contributed by atoms with Gasteiger partial charge in [-0.15, -0.1) is 0 Å². The average molecular weight is 992 g/mol. The number of carbonyl (C=O) groups is 1. The van der Waals surface area contributed by atoms with Crippen LogP contribution in [0.4, 0.5) is 0 Å². The third-order valence-electron chi connectivity index (χ3n) is 14.4. The van der Waals surface area contributed by atoms with Crippen LogP contribution in [-0.2, 0) is 23.7 Å². The van der Waals surface area contributed by atoms with Crippen LogP contribution >= 0.6 is 0 Å². The number of hydrogen-bond donors (Lipinski definition) is 10. The lowest BCUT2D eigenvalue weighted by molar-refractivity contribution is -0.319. The van der Waals surface area contributed by atoms with Crippen molar-refractivity contribution in [2.75, 3.05) is 19.8 Å². The number of aliphatic hydroxyl groups excluding tert-OH is 9. The fourth-order valence-electron chi connectivity index (χ4n) is 9.73. The van der Waals surface area contributed by atoms with Crippen LogP contribution in [0, 0.1) is 0 Å². The zero-order chi connectivity index (χ0) is 50.5. The van der Waals surface area contributed by atoms with Crippen molar-refractivity contribution in [3.8, 4) is 0 Å². The van der Waals surface area contributed by atoms with Crippen LogP contribution in [0.25, 0.3) is 0 Å². The standard InChI is InChI=1S/C54H105NO14/c1-3-5-7-9-11-13-15-17-18-19-20-21-22-23-25-26-28-30-32-34-36-42(58)52(65)55-41(40-66-53-50(63)48(61)46(59)44(38-56)68-53)43(67-54-51(64)49(62)47(60)45(39-57)69-54)37-35-33-31-29-27-24-16-14-12-10-8-6-4-2/h41-51,53-54,56-64H,3-40H2,1-2H3,(H,55,65)/t41-,42+,43+,44-,45-,46-,47-,48-,49-,50-,51-,53-,54-/m0/s1. The van der Waals surface area contributed by atoms with Crippen LogP contribution in [0.2, 0.25) is 0 Å². The SMILES string of the molecule is CCCCCCCCCCCCCCCCCCCCCC[C@@H](O)C(=O)N[C@@H](CO[C@H]1O[C@@H](CO)[C@H](O)[C@H](O)[C@@H]1O)[C@@H](CCCCCCCCCCCCCCC)O[C@H]1O[C@@H](CO)[C@H](O)[C@H](O)[C@@H]1O. The molecule has 0 unspecified atom stereocenters. The molecule has 2 fully saturated rings. The van der Waals surface area contributed by atoms with E-state index in [1.54, 1.807) is 0 Å². The lowest BCUT2D eigenvalue weighted by Gasteiger charge is -2.42. The molecule has 15 heteroatoms. The minimum Gasteiger partial charge on any atom is -0.394 e. The van der Waals surface area contributed by atoms with Crippen molar-refractivity contribution < 1.29 is 69.7 Å². The van der Waals surface area contributed by atoms with E-state index in [2.05, 4.69) is 19.2 Å². The molecule has 13 atom stereocenters. The van der Waals surface area contributed by atoms with Crippen molar-refractivity contribution >= 4 is 5.91 Å². The number of unbranched alkanes of at least 4 members (excludes halogenated alkanes) is 31. The van der Waals surface area contributed by atoms with E-state index < -0.39 is 105 Å². The number of carbonyl (C=O) groups excluding carboxylic acids is 1. The van der Waals surface area contributed by atoms with Crippen molar-refractivity contribution in [2.45, 2.75) is 318 Å². The van der Waals surface area contributed by atoms with Gasteiger partial charge in [0.05, 0.1) is 32.0 Å². The molecule has 69 heavy (non-hydrogen) atoms. The average Bonchev–Trinajstić information content (AvgIpc) is 3.35. The smallest absolute Gasteiger partial charge is 0.249 e. The summed E-state index contributed by atoms with van der Waals surface area (Å²) in [5, 5.41) is 97.1. The van der Waals surface area contributed by atoms with Gasteiger partial charge in [-0.25, -0.2) is 0 Å². The number of ether oxygens (including phenoxy) is 4. The summed E-state index contributed by atoms with van der Waals surface area (Å²) in [6, 6.07) is -1.07. The van der Waals surface area contributed by atoms with Gasteiger partial charge in [0, 0.05) is 0 Å². The molecule has 0 radical (unpaired) electrons. The highest BCUT2D eigenvalue weighted by Gasteiger charge is 2.47. The first-order chi connectivity index (χ1) is 33.5. The Bertz CT molecular complexity index is 1190. The Labute approximate surface area is 417 Å². The van der Waals surface area contributed by atoms with Crippen LogP contribution in [-0.4, -0.2) is 151 Å². The van der Waals surface area contributed by atoms with Gasteiger partial charge in [0.1, 0.15) is 54.9 Å². The summed E-state index contributed by atoms with van der Waals surface area (Å²) in [4.78, 5) is 13.7. The Balaban J connectivity index is 1.93. The highest BCUT2D eigenvalue weighted by molar-refractivity contribution is 5.80. The van der Waals surface area contributed by atoms with E-state index in [1.807, 2.05) is 0 Å². The molecule has 410 valence electrons. The molecule has 2 aliphatic heterocycles. The quantitative estimate of drug-likeness (QED) is 0.0265. The maximum atomic E-state index is 13.7. The molecule has 10 N–H and O–H groups in total. The molecule has 2 saturated heterocycles. The highest BCUT2D eigenvalue weighted by Crippen LogP contribution is 2.28. The van der Waals surface area contributed by atoms with Crippen molar-refractivity contribution in [3.63, 3.8) is 0 Å². The molecule has 0 bridgehead atoms. The van der Waals surface area contributed by atoms with Gasteiger partial charge in [0.2, 0.25) is 5.91 Å². The van der Waals surface area contributed by atoms with E-state index in [0.29, 0.717) is 19.3 Å². The first-order valence-corrected chi connectivity index (χ1v) is 28.4. The molecule has 2 heterocycles. The summed E-state index contributed by atoms with van der Waals surface area (Å²) in [6.45, 7) is 2.75. The van der Waals surface area contributed by atoms with Crippen LogP contribution in [0.5, 0.6) is 0 Å². The van der Waals surface area contributed by atoms with Gasteiger partial charge in [-0.05, 0) is 12.8 Å². The van der Waals surface area contributed by atoms with Crippen molar-refractivity contribution in [3.05, 3.63) is 0 Å². The van der Waals surface area contributed by atoms with E-state index in [4.69, 9.17) is 18.9 Å². The number of rotatable bonds is 45. The van der Waals surface area contributed by atoms with E-state index in [0.717, 1.165) is 44.9 Å².